The lowest BCUT2D eigenvalue weighted by atomic mass is 10.0. The number of hydrogen-bond donors (Lipinski definition) is 1. The standard InChI is InChI=1S/C11H20N2/c1-4-11(5-2)13-8-6-7-10(9-13)12-3/h1,10-12H,5-9H2,2-3H3. The zero-order chi connectivity index (χ0) is 9.68. The Bertz CT molecular complexity index is 183. The van der Waals surface area contributed by atoms with E-state index in [2.05, 4.69) is 23.1 Å². The second kappa shape index (κ2) is 5.26. The van der Waals surface area contributed by atoms with Gasteiger partial charge in [0.15, 0.2) is 0 Å². The first-order chi connectivity index (χ1) is 6.31. The summed E-state index contributed by atoms with van der Waals surface area (Å²) in [5.74, 6) is 2.86. The van der Waals surface area contributed by atoms with Crippen molar-refractivity contribution >= 4 is 0 Å². The minimum atomic E-state index is 0.344. The fourth-order valence-corrected chi connectivity index (χ4v) is 2.01. The molecule has 74 valence electrons. The lowest BCUT2D eigenvalue weighted by molar-refractivity contribution is 0.165. The number of piperidine rings is 1. The van der Waals surface area contributed by atoms with Gasteiger partial charge in [-0.25, -0.2) is 0 Å². The predicted molar refractivity (Wildman–Crippen MR) is 56.6 cm³/mol. The third-order valence-corrected chi connectivity index (χ3v) is 2.88. The molecule has 0 aliphatic carbocycles. The van der Waals surface area contributed by atoms with Crippen LogP contribution >= 0.6 is 0 Å². The van der Waals surface area contributed by atoms with E-state index in [0.717, 1.165) is 13.0 Å². The molecule has 0 saturated carbocycles. The van der Waals surface area contributed by atoms with Crippen LogP contribution in [0.25, 0.3) is 0 Å². The van der Waals surface area contributed by atoms with Gasteiger partial charge < -0.3 is 5.32 Å². The summed E-state index contributed by atoms with van der Waals surface area (Å²) in [4.78, 5) is 2.42. The van der Waals surface area contributed by atoms with Gasteiger partial charge in [-0.05, 0) is 32.9 Å². The van der Waals surface area contributed by atoms with Crippen LogP contribution in [0.4, 0.5) is 0 Å². The molecule has 2 unspecified atom stereocenters. The molecule has 2 heteroatoms. The Morgan fingerprint density at radius 1 is 1.69 bits per heavy atom. The maximum atomic E-state index is 5.49. The molecule has 2 nitrogen and oxygen atoms in total. The monoisotopic (exact) mass is 180 g/mol. The SMILES string of the molecule is C#CC(CC)N1CCCC(NC)C1. The van der Waals surface area contributed by atoms with Crippen molar-refractivity contribution in [2.75, 3.05) is 20.1 Å². The van der Waals surface area contributed by atoms with Crippen molar-refractivity contribution in [1.29, 1.82) is 0 Å². The van der Waals surface area contributed by atoms with Crippen LogP contribution in [-0.4, -0.2) is 37.1 Å². The first-order valence-corrected chi connectivity index (χ1v) is 5.19. The lowest BCUT2D eigenvalue weighted by Crippen LogP contribution is -2.48. The van der Waals surface area contributed by atoms with Crippen molar-refractivity contribution in [2.45, 2.75) is 38.3 Å². The molecule has 0 bridgehead atoms. The third kappa shape index (κ3) is 2.72. The van der Waals surface area contributed by atoms with Crippen LogP contribution in [-0.2, 0) is 0 Å². The van der Waals surface area contributed by atoms with E-state index in [1.54, 1.807) is 0 Å². The maximum Gasteiger partial charge on any atom is 0.0709 e. The molecule has 1 N–H and O–H groups in total. The van der Waals surface area contributed by atoms with Crippen molar-refractivity contribution in [3.05, 3.63) is 0 Å². The van der Waals surface area contributed by atoms with Crippen molar-refractivity contribution in [3.63, 3.8) is 0 Å². The van der Waals surface area contributed by atoms with E-state index >= 15 is 0 Å². The zero-order valence-corrected chi connectivity index (χ0v) is 8.71. The van der Waals surface area contributed by atoms with E-state index in [1.807, 2.05) is 7.05 Å². The van der Waals surface area contributed by atoms with Crippen LogP contribution < -0.4 is 5.32 Å². The van der Waals surface area contributed by atoms with Gasteiger partial charge in [-0.3, -0.25) is 4.90 Å². The average molecular weight is 180 g/mol. The number of nitrogens with one attached hydrogen (secondary N) is 1. The summed E-state index contributed by atoms with van der Waals surface area (Å²) in [6, 6.07) is 0.979. The minimum absolute atomic E-state index is 0.344. The summed E-state index contributed by atoms with van der Waals surface area (Å²) < 4.78 is 0. The molecule has 0 radical (unpaired) electrons. The molecule has 13 heavy (non-hydrogen) atoms. The largest absolute Gasteiger partial charge is 0.316 e. The summed E-state index contributed by atoms with van der Waals surface area (Å²) >= 11 is 0. The summed E-state index contributed by atoms with van der Waals surface area (Å²) in [6.45, 7) is 4.44. The molecule has 0 amide bonds. The number of hydrogen-bond acceptors (Lipinski definition) is 2. The van der Waals surface area contributed by atoms with Crippen LogP contribution in [0.5, 0.6) is 0 Å². The van der Waals surface area contributed by atoms with Crippen molar-refractivity contribution in [1.82, 2.24) is 10.2 Å². The highest BCUT2D eigenvalue weighted by atomic mass is 15.2. The number of likely N-dealkylation sites (tertiary alicyclic amines) is 1. The summed E-state index contributed by atoms with van der Waals surface area (Å²) in [7, 11) is 2.03. The number of likely N-dealkylation sites (N-methyl/N-ethyl adjacent to an activating group) is 1. The molecule has 1 aliphatic heterocycles. The van der Waals surface area contributed by atoms with Crippen LogP contribution in [0.3, 0.4) is 0 Å². The molecule has 2 atom stereocenters. The second-order valence-electron chi connectivity index (χ2n) is 3.71. The molecular weight excluding hydrogens is 160 g/mol. The van der Waals surface area contributed by atoms with Crippen LogP contribution in [0.15, 0.2) is 0 Å². The van der Waals surface area contributed by atoms with Gasteiger partial charge in [-0.1, -0.05) is 12.8 Å². The van der Waals surface area contributed by atoms with E-state index in [-0.39, 0.29) is 0 Å². The Morgan fingerprint density at radius 2 is 2.46 bits per heavy atom. The van der Waals surface area contributed by atoms with Crippen molar-refractivity contribution in [3.8, 4) is 12.3 Å². The van der Waals surface area contributed by atoms with Gasteiger partial charge in [0, 0.05) is 12.6 Å². The molecule has 1 saturated heterocycles. The van der Waals surface area contributed by atoms with Crippen molar-refractivity contribution < 1.29 is 0 Å². The van der Waals surface area contributed by atoms with Crippen LogP contribution in [0, 0.1) is 12.3 Å². The summed E-state index contributed by atoms with van der Waals surface area (Å²) in [6.07, 6.45) is 9.10. The van der Waals surface area contributed by atoms with Gasteiger partial charge in [-0.2, -0.15) is 0 Å². The number of nitrogens with zero attached hydrogens (tertiary/aromatic N) is 1. The molecule has 0 aromatic rings. The van der Waals surface area contributed by atoms with E-state index < -0.39 is 0 Å². The maximum absolute atomic E-state index is 5.49. The first kappa shape index (κ1) is 10.6. The van der Waals surface area contributed by atoms with Gasteiger partial charge >= 0.3 is 0 Å². The van der Waals surface area contributed by atoms with Gasteiger partial charge in [0.05, 0.1) is 6.04 Å². The third-order valence-electron chi connectivity index (χ3n) is 2.88. The summed E-state index contributed by atoms with van der Waals surface area (Å²) in [5.41, 5.74) is 0. The number of rotatable bonds is 3. The molecule has 0 spiro atoms. The molecule has 1 rings (SSSR count). The molecule has 1 heterocycles. The Morgan fingerprint density at radius 3 is 3.00 bits per heavy atom. The van der Waals surface area contributed by atoms with Crippen LogP contribution in [0.2, 0.25) is 0 Å². The zero-order valence-electron chi connectivity index (χ0n) is 8.71. The van der Waals surface area contributed by atoms with Gasteiger partial charge in [0.1, 0.15) is 0 Å². The molecular formula is C11H20N2. The topological polar surface area (TPSA) is 15.3 Å². The Balaban J connectivity index is 2.46. The van der Waals surface area contributed by atoms with E-state index in [1.165, 1.54) is 19.4 Å². The molecule has 1 aliphatic rings. The van der Waals surface area contributed by atoms with E-state index in [4.69, 9.17) is 6.42 Å². The predicted octanol–water partition coefficient (Wildman–Crippen LogP) is 1.08. The Hall–Kier alpha value is -0.520. The average Bonchev–Trinajstić information content (AvgIpc) is 2.20. The fourth-order valence-electron chi connectivity index (χ4n) is 2.01. The smallest absolute Gasteiger partial charge is 0.0709 e. The molecule has 1 fully saturated rings. The van der Waals surface area contributed by atoms with Gasteiger partial charge in [0.2, 0.25) is 0 Å². The van der Waals surface area contributed by atoms with Crippen LogP contribution in [0.1, 0.15) is 26.2 Å². The highest BCUT2D eigenvalue weighted by molar-refractivity contribution is 5.00. The lowest BCUT2D eigenvalue weighted by Gasteiger charge is -2.35. The molecule has 0 aromatic heterocycles. The highest BCUT2D eigenvalue weighted by Gasteiger charge is 2.22. The van der Waals surface area contributed by atoms with Crippen molar-refractivity contribution in [2.24, 2.45) is 0 Å². The normalized spacial score (nSPS) is 26.7. The highest BCUT2D eigenvalue weighted by Crippen LogP contribution is 2.14. The summed E-state index contributed by atoms with van der Waals surface area (Å²) in [5, 5.41) is 3.33. The fraction of sp³-hybridized carbons (Fsp3) is 0.818. The van der Waals surface area contributed by atoms with E-state index in [0.29, 0.717) is 12.1 Å². The quantitative estimate of drug-likeness (QED) is 0.654. The Labute approximate surface area is 81.7 Å². The first-order valence-electron chi connectivity index (χ1n) is 5.19. The minimum Gasteiger partial charge on any atom is -0.316 e. The second-order valence-corrected chi connectivity index (χ2v) is 3.71. The van der Waals surface area contributed by atoms with E-state index in [9.17, 15) is 0 Å². The number of terminal acetylenes is 1. The Kier molecular flexibility index (Phi) is 4.27. The molecule has 0 aromatic carbocycles. The van der Waals surface area contributed by atoms with Gasteiger partial charge in [0.25, 0.3) is 0 Å². The van der Waals surface area contributed by atoms with Gasteiger partial charge in [-0.15, -0.1) is 6.42 Å².